The van der Waals surface area contributed by atoms with Gasteiger partial charge in [-0.15, -0.1) is 23.2 Å². The van der Waals surface area contributed by atoms with Crippen LogP contribution in [0.25, 0.3) is 10.8 Å². The highest BCUT2D eigenvalue weighted by Crippen LogP contribution is 2.53. The van der Waals surface area contributed by atoms with Crippen molar-refractivity contribution < 1.29 is 17.9 Å². The Bertz CT molecular complexity index is 1670. The Labute approximate surface area is 261 Å². The number of benzene rings is 4. The zero-order valence-corrected chi connectivity index (χ0v) is 26.5. The van der Waals surface area contributed by atoms with E-state index in [1.54, 1.807) is 51.1 Å². The molecule has 1 amide bonds. The lowest BCUT2D eigenvalue weighted by Gasteiger charge is -2.29. The Hall–Kier alpha value is -2.81. The summed E-state index contributed by atoms with van der Waals surface area (Å²) in [6.45, 7) is 5.64. The summed E-state index contributed by atoms with van der Waals surface area (Å²) in [5.41, 5.74) is 0.785. The molecule has 6 nitrogen and oxygen atoms in total. The van der Waals surface area contributed by atoms with Gasteiger partial charge in [-0.3, -0.25) is 4.90 Å². The van der Waals surface area contributed by atoms with Gasteiger partial charge < -0.3 is 4.74 Å². The molecular formula is C32H31Cl3N2O4S. The molecule has 0 N–H and O–H groups in total. The molecule has 10 heteroatoms. The van der Waals surface area contributed by atoms with E-state index in [4.69, 9.17) is 39.5 Å². The van der Waals surface area contributed by atoms with Crippen LogP contribution in [0, 0.1) is 0 Å². The predicted molar refractivity (Wildman–Crippen MR) is 170 cm³/mol. The van der Waals surface area contributed by atoms with Crippen LogP contribution in [0.1, 0.15) is 37.5 Å². The van der Waals surface area contributed by atoms with Crippen molar-refractivity contribution in [2.24, 2.45) is 0 Å². The lowest BCUT2D eigenvalue weighted by molar-refractivity contribution is 0.0576. The summed E-state index contributed by atoms with van der Waals surface area (Å²) in [7, 11) is -4.00. The van der Waals surface area contributed by atoms with Crippen LogP contribution >= 0.6 is 34.8 Å². The number of ether oxygens (including phenoxy) is 1. The summed E-state index contributed by atoms with van der Waals surface area (Å²) < 4.78 is 35.6. The van der Waals surface area contributed by atoms with Gasteiger partial charge in [-0.25, -0.2) is 13.2 Å². The quantitative estimate of drug-likeness (QED) is 0.150. The molecule has 1 aliphatic rings. The Morgan fingerprint density at radius 2 is 1.48 bits per heavy atom. The van der Waals surface area contributed by atoms with E-state index in [2.05, 4.69) is 0 Å². The molecule has 42 heavy (non-hydrogen) atoms. The van der Waals surface area contributed by atoms with Gasteiger partial charge >= 0.3 is 6.09 Å². The number of anilines is 1. The number of carbonyl (C=O) groups excluding carboxylic acids is 1. The van der Waals surface area contributed by atoms with Crippen LogP contribution in [-0.2, 0) is 32.7 Å². The maximum atomic E-state index is 14.3. The Morgan fingerprint density at radius 3 is 2.00 bits per heavy atom. The molecule has 0 fully saturated rings. The first-order valence-electron chi connectivity index (χ1n) is 13.4. The molecule has 0 aliphatic carbocycles. The number of carbonyl (C=O) groups is 1. The minimum absolute atomic E-state index is 0.0886. The predicted octanol–water partition coefficient (Wildman–Crippen LogP) is 8.22. The molecule has 1 aliphatic heterocycles. The van der Waals surface area contributed by atoms with Crippen molar-refractivity contribution >= 4 is 67.4 Å². The van der Waals surface area contributed by atoms with Crippen molar-refractivity contribution in [3.63, 3.8) is 0 Å². The summed E-state index contributed by atoms with van der Waals surface area (Å²) in [6, 6.07) is 27.4. The third-order valence-corrected chi connectivity index (χ3v) is 10.6. The van der Waals surface area contributed by atoms with Crippen LogP contribution in [0.3, 0.4) is 0 Å². The monoisotopic (exact) mass is 644 g/mol. The molecule has 0 bridgehead atoms. The minimum atomic E-state index is -4.00. The van der Waals surface area contributed by atoms with Crippen LogP contribution in [0.15, 0.2) is 95.9 Å². The second kappa shape index (κ2) is 11.7. The maximum absolute atomic E-state index is 14.3. The number of halogens is 3. The highest BCUT2D eigenvalue weighted by Gasteiger charge is 2.53. The number of sulfonamides is 1. The fraction of sp³-hybridized carbons (Fsp3) is 0.281. The van der Waals surface area contributed by atoms with Crippen molar-refractivity contribution in [2.75, 3.05) is 10.8 Å². The van der Waals surface area contributed by atoms with Gasteiger partial charge in [0.2, 0.25) is 10.0 Å². The van der Waals surface area contributed by atoms with E-state index in [1.807, 2.05) is 60.7 Å². The first kappa shape index (κ1) is 30.6. The van der Waals surface area contributed by atoms with Crippen LogP contribution in [-0.4, -0.2) is 35.8 Å². The molecule has 2 unspecified atom stereocenters. The summed E-state index contributed by atoms with van der Waals surface area (Å²) in [5.74, 6) is -0.126. The molecule has 5 rings (SSSR count). The average Bonchev–Trinajstić information content (AvgIpc) is 3.19. The summed E-state index contributed by atoms with van der Waals surface area (Å²) in [6.07, 6.45) is -0.670. The number of fused-ring (bicyclic) bond motifs is 3. The first-order chi connectivity index (χ1) is 19.8. The summed E-state index contributed by atoms with van der Waals surface area (Å²) >= 11 is 20.3. The SMILES string of the molecule is CC(C)(C)OC(=O)N1c2ccc3ccc(S(=O)(=O)N(Cc4ccccc4)Cc4ccccc4)cc3c2C(Cl)(CCl)C1Cl. The highest BCUT2D eigenvalue weighted by molar-refractivity contribution is 7.89. The van der Waals surface area contributed by atoms with Gasteiger partial charge in [0.15, 0.2) is 0 Å². The first-order valence-corrected chi connectivity index (χ1v) is 16.2. The van der Waals surface area contributed by atoms with E-state index in [0.717, 1.165) is 16.5 Å². The number of alkyl halides is 3. The van der Waals surface area contributed by atoms with Crippen molar-refractivity contribution in [2.45, 2.75) is 54.7 Å². The molecule has 0 saturated carbocycles. The van der Waals surface area contributed by atoms with Crippen LogP contribution in [0.4, 0.5) is 10.5 Å². The van der Waals surface area contributed by atoms with E-state index in [1.165, 1.54) is 9.21 Å². The number of hydrogen-bond acceptors (Lipinski definition) is 4. The standard InChI is InChI=1S/C32H31Cl3N2O4S/c1-31(2,3)41-30(38)37-27-17-15-24-14-16-25(18-26(24)28(27)32(35,21-33)29(37)34)42(39,40)36(19-22-10-6-4-7-11-22)20-23-12-8-5-9-13-23/h4-18,29H,19-21H2,1-3H3. The molecular weight excluding hydrogens is 615 g/mol. The van der Waals surface area contributed by atoms with E-state index in [-0.39, 0.29) is 23.9 Å². The van der Waals surface area contributed by atoms with Gasteiger partial charge in [0.1, 0.15) is 16.0 Å². The van der Waals surface area contributed by atoms with Crippen molar-refractivity contribution in [1.29, 1.82) is 0 Å². The smallest absolute Gasteiger partial charge is 0.416 e. The van der Waals surface area contributed by atoms with E-state index >= 15 is 0 Å². The molecule has 0 radical (unpaired) electrons. The minimum Gasteiger partial charge on any atom is -0.443 e. The Morgan fingerprint density at radius 1 is 0.929 bits per heavy atom. The molecule has 0 spiro atoms. The normalized spacial score (nSPS) is 18.8. The molecule has 0 aromatic heterocycles. The van der Waals surface area contributed by atoms with Gasteiger partial charge in [-0.1, -0.05) is 84.4 Å². The van der Waals surface area contributed by atoms with Crippen LogP contribution in [0.5, 0.6) is 0 Å². The van der Waals surface area contributed by atoms with Gasteiger partial charge in [0, 0.05) is 24.5 Å². The van der Waals surface area contributed by atoms with E-state index in [0.29, 0.717) is 16.6 Å². The zero-order valence-electron chi connectivity index (χ0n) is 23.4. The van der Waals surface area contributed by atoms with E-state index < -0.39 is 32.1 Å². The van der Waals surface area contributed by atoms with E-state index in [9.17, 15) is 13.2 Å². The third-order valence-electron chi connectivity index (χ3n) is 7.08. The number of rotatable bonds is 7. The number of amides is 1. The molecule has 0 saturated heterocycles. The van der Waals surface area contributed by atoms with Gasteiger partial charge in [0.25, 0.3) is 0 Å². The summed E-state index contributed by atoms with van der Waals surface area (Å²) in [5, 5.41) is 1.27. The molecule has 1 heterocycles. The van der Waals surface area contributed by atoms with Crippen molar-refractivity contribution in [3.8, 4) is 0 Å². The zero-order chi connectivity index (χ0) is 30.3. The molecule has 4 aromatic carbocycles. The lowest BCUT2D eigenvalue weighted by Crippen LogP contribution is -2.44. The second-order valence-corrected chi connectivity index (χ2v) is 14.6. The largest absolute Gasteiger partial charge is 0.443 e. The molecule has 2 atom stereocenters. The number of nitrogens with zero attached hydrogens (tertiary/aromatic N) is 2. The maximum Gasteiger partial charge on any atom is 0.416 e. The van der Waals surface area contributed by atoms with Crippen molar-refractivity contribution in [3.05, 3.63) is 108 Å². The Balaban J connectivity index is 1.63. The van der Waals surface area contributed by atoms with Gasteiger partial charge in [-0.2, -0.15) is 4.31 Å². The third kappa shape index (κ3) is 5.86. The summed E-state index contributed by atoms with van der Waals surface area (Å²) in [4.78, 5) is 13.2. The lowest BCUT2D eigenvalue weighted by atomic mass is 9.95. The fourth-order valence-electron chi connectivity index (χ4n) is 5.11. The number of hydrogen-bond donors (Lipinski definition) is 0. The van der Waals surface area contributed by atoms with Gasteiger partial charge in [0.05, 0.1) is 10.6 Å². The van der Waals surface area contributed by atoms with Crippen molar-refractivity contribution in [1.82, 2.24) is 4.31 Å². The molecule has 220 valence electrons. The van der Waals surface area contributed by atoms with Gasteiger partial charge in [-0.05, 0) is 60.9 Å². The average molecular weight is 646 g/mol. The Kier molecular flexibility index (Phi) is 8.54. The second-order valence-electron chi connectivity index (χ2n) is 11.3. The van der Waals surface area contributed by atoms with Crippen LogP contribution in [0.2, 0.25) is 0 Å². The molecule has 4 aromatic rings. The fourth-order valence-corrected chi connectivity index (χ4v) is 7.58. The highest BCUT2D eigenvalue weighted by atomic mass is 35.5. The topological polar surface area (TPSA) is 66.9 Å². The van der Waals surface area contributed by atoms with Crippen LogP contribution < -0.4 is 4.90 Å².